The number of carbonyl (C=O) groups excluding carboxylic acids is 1. The molecule has 0 aliphatic rings. The molecule has 2 aromatic heterocycles. The predicted molar refractivity (Wildman–Crippen MR) is 100.0 cm³/mol. The predicted octanol–water partition coefficient (Wildman–Crippen LogP) is 2.26. The van der Waals surface area contributed by atoms with Crippen molar-refractivity contribution in [2.45, 2.75) is 19.9 Å². The van der Waals surface area contributed by atoms with Crippen molar-refractivity contribution in [2.24, 2.45) is 0 Å². The van der Waals surface area contributed by atoms with Crippen LogP contribution in [0, 0.1) is 6.92 Å². The molecule has 0 radical (unpaired) electrons. The van der Waals surface area contributed by atoms with Crippen molar-refractivity contribution >= 4 is 16.8 Å². The lowest BCUT2D eigenvalue weighted by Crippen LogP contribution is -2.34. The van der Waals surface area contributed by atoms with Crippen LogP contribution < -0.4 is 5.56 Å². The Morgan fingerprint density at radius 1 is 1.19 bits per heavy atom. The van der Waals surface area contributed by atoms with Crippen molar-refractivity contribution in [3.63, 3.8) is 0 Å². The van der Waals surface area contributed by atoms with Crippen LogP contribution in [0.25, 0.3) is 10.9 Å². The first kappa shape index (κ1) is 17.8. The van der Waals surface area contributed by atoms with Gasteiger partial charge in [0.2, 0.25) is 0 Å². The molecule has 0 aliphatic carbocycles. The van der Waals surface area contributed by atoms with Gasteiger partial charge in [-0.3, -0.25) is 14.6 Å². The van der Waals surface area contributed by atoms with Gasteiger partial charge in [0.05, 0.1) is 6.54 Å². The highest BCUT2D eigenvalue weighted by Crippen LogP contribution is 2.15. The molecule has 2 heterocycles. The summed E-state index contributed by atoms with van der Waals surface area (Å²) in [6.07, 6.45) is 3.56. The molecule has 0 spiro atoms. The number of hydrogen-bond acceptors (Lipinski definition) is 4. The SMILES string of the molecule is Cc1ccc2cc(CN(CCCO)C(=O)c3ccncc3)c(=O)[nH]c2c1. The lowest BCUT2D eigenvalue weighted by molar-refractivity contribution is 0.0731. The molecular weight excluding hydrogens is 330 g/mol. The molecule has 0 fully saturated rings. The fourth-order valence-corrected chi connectivity index (χ4v) is 2.87. The van der Waals surface area contributed by atoms with E-state index in [2.05, 4.69) is 9.97 Å². The molecule has 26 heavy (non-hydrogen) atoms. The van der Waals surface area contributed by atoms with Crippen LogP contribution in [0.5, 0.6) is 0 Å². The molecule has 6 heteroatoms. The second-order valence-electron chi connectivity index (χ2n) is 6.25. The monoisotopic (exact) mass is 351 g/mol. The second kappa shape index (κ2) is 7.93. The van der Waals surface area contributed by atoms with Crippen LogP contribution in [-0.4, -0.2) is 39.0 Å². The van der Waals surface area contributed by atoms with Gasteiger partial charge in [0.15, 0.2) is 0 Å². The number of rotatable bonds is 6. The van der Waals surface area contributed by atoms with Gasteiger partial charge in [0.1, 0.15) is 0 Å². The van der Waals surface area contributed by atoms with Gasteiger partial charge in [-0.05, 0) is 48.6 Å². The zero-order valence-electron chi connectivity index (χ0n) is 14.6. The third-order valence-electron chi connectivity index (χ3n) is 4.24. The van der Waals surface area contributed by atoms with Crippen molar-refractivity contribution in [3.8, 4) is 0 Å². The Bertz CT molecular complexity index is 967. The van der Waals surface area contributed by atoms with Gasteiger partial charge < -0.3 is 15.0 Å². The van der Waals surface area contributed by atoms with E-state index in [4.69, 9.17) is 5.11 Å². The lowest BCUT2D eigenvalue weighted by Gasteiger charge is -2.22. The fourth-order valence-electron chi connectivity index (χ4n) is 2.87. The van der Waals surface area contributed by atoms with Crippen LogP contribution in [0.3, 0.4) is 0 Å². The number of amides is 1. The molecule has 0 saturated heterocycles. The molecule has 0 atom stereocenters. The Morgan fingerprint density at radius 3 is 2.69 bits per heavy atom. The number of aromatic amines is 1. The summed E-state index contributed by atoms with van der Waals surface area (Å²) in [5.41, 5.74) is 2.66. The average molecular weight is 351 g/mol. The molecule has 0 aliphatic heterocycles. The normalized spacial score (nSPS) is 10.8. The fraction of sp³-hybridized carbons (Fsp3) is 0.250. The number of aryl methyl sites for hydroxylation is 1. The van der Waals surface area contributed by atoms with Gasteiger partial charge in [-0.25, -0.2) is 0 Å². The number of aromatic nitrogens is 2. The van der Waals surface area contributed by atoms with E-state index in [0.29, 0.717) is 24.1 Å². The van der Waals surface area contributed by atoms with Gasteiger partial charge in [-0.1, -0.05) is 12.1 Å². The van der Waals surface area contributed by atoms with E-state index in [1.807, 2.05) is 31.2 Å². The number of aliphatic hydroxyl groups excluding tert-OH is 1. The number of H-pyrrole nitrogens is 1. The number of benzene rings is 1. The zero-order chi connectivity index (χ0) is 18.5. The summed E-state index contributed by atoms with van der Waals surface area (Å²) in [6, 6.07) is 11.0. The lowest BCUT2D eigenvalue weighted by atomic mass is 10.1. The first-order valence-electron chi connectivity index (χ1n) is 8.51. The minimum absolute atomic E-state index is 0.0204. The van der Waals surface area contributed by atoms with Crippen molar-refractivity contribution < 1.29 is 9.90 Å². The van der Waals surface area contributed by atoms with Crippen molar-refractivity contribution in [2.75, 3.05) is 13.2 Å². The maximum Gasteiger partial charge on any atom is 0.254 e. The summed E-state index contributed by atoms with van der Waals surface area (Å²) in [5.74, 6) is -0.191. The van der Waals surface area contributed by atoms with Gasteiger partial charge in [0.25, 0.3) is 11.5 Å². The average Bonchev–Trinajstić information content (AvgIpc) is 2.65. The maximum atomic E-state index is 12.8. The number of nitrogens with zero attached hydrogens (tertiary/aromatic N) is 2. The molecule has 3 aromatic rings. The smallest absolute Gasteiger partial charge is 0.254 e. The summed E-state index contributed by atoms with van der Waals surface area (Å²) >= 11 is 0. The number of carbonyl (C=O) groups is 1. The molecular formula is C20H21N3O3. The first-order valence-corrected chi connectivity index (χ1v) is 8.51. The van der Waals surface area contributed by atoms with E-state index in [9.17, 15) is 9.59 Å². The number of hydrogen-bond donors (Lipinski definition) is 2. The standard InChI is InChI=1S/C20H21N3O3/c1-14-3-4-16-12-17(19(25)22-18(16)11-14)13-23(9-2-10-24)20(26)15-5-7-21-8-6-15/h3-8,11-12,24H,2,9-10,13H2,1H3,(H,22,25). The highest BCUT2D eigenvalue weighted by molar-refractivity contribution is 5.94. The van der Waals surface area contributed by atoms with Crippen LogP contribution in [0.1, 0.15) is 27.9 Å². The molecule has 6 nitrogen and oxygen atoms in total. The summed E-state index contributed by atoms with van der Waals surface area (Å²) in [5, 5.41) is 10.1. The van der Waals surface area contributed by atoms with Crippen LogP contribution in [0.15, 0.2) is 53.6 Å². The van der Waals surface area contributed by atoms with Crippen molar-refractivity contribution in [1.82, 2.24) is 14.9 Å². The quantitative estimate of drug-likeness (QED) is 0.713. The Morgan fingerprint density at radius 2 is 1.96 bits per heavy atom. The molecule has 0 bridgehead atoms. The second-order valence-corrected chi connectivity index (χ2v) is 6.25. The van der Waals surface area contributed by atoms with E-state index in [1.54, 1.807) is 29.4 Å². The van der Waals surface area contributed by atoms with E-state index in [1.165, 1.54) is 0 Å². The highest BCUT2D eigenvalue weighted by atomic mass is 16.3. The van der Waals surface area contributed by atoms with Crippen LogP contribution in [-0.2, 0) is 6.54 Å². The molecule has 1 aromatic carbocycles. The first-order chi connectivity index (χ1) is 12.6. The largest absolute Gasteiger partial charge is 0.396 e. The third kappa shape index (κ3) is 3.97. The summed E-state index contributed by atoms with van der Waals surface area (Å²) in [7, 11) is 0. The Labute approximate surface area is 151 Å². The zero-order valence-corrected chi connectivity index (χ0v) is 14.6. The van der Waals surface area contributed by atoms with Gasteiger partial charge in [-0.2, -0.15) is 0 Å². The molecule has 3 rings (SSSR count). The summed E-state index contributed by atoms with van der Waals surface area (Å²) < 4.78 is 0. The molecule has 0 saturated carbocycles. The number of fused-ring (bicyclic) bond motifs is 1. The number of nitrogens with one attached hydrogen (secondary N) is 1. The minimum Gasteiger partial charge on any atom is -0.396 e. The third-order valence-corrected chi connectivity index (χ3v) is 4.24. The van der Waals surface area contributed by atoms with E-state index in [0.717, 1.165) is 16.5 Å². The molecule has 0 unspecified atom stereocenters. The minimum atomic E-state index is -0.209. The molecule has 134 valence electrons. The van der Waals surface area contributed by atoms with E-state index in [-0.39, 0.29) is 24.6 Å². The molecule has 2 N–H and O–H groups in total. The molecule has 1 amide bonds. The number of pyridine rings is 2. The van der Waals surface area contributed by atoms with E-state index < -0.39 is 0 Å². The highest BCUT2D eigenvalue weighted by Gasteiger charge is 2.17. The van der Waals surface area contributed by atoms with Crippen LogP contribution in [0.4, 0.5) is 0 Å². The Hall–Kier alpha value is -2.99. The van der Waals surface area contributed by atoms with Crippen molar-refractivity contribution in [3.05, 3.63) is 75.8 Å². The topological polar surface area (TPSA) is 86.3 Å². The Kier molecular flexibility index (Phi) is 5.43. The van der Waals surface area contributed by atoms with Gasteiger partial charge >= 0.3 is 0 Å². The maximum absolute atomic E-state index is 12.8. The van der Waals surface area contributed by atoms with Gasteiger partial charge in [0, 0.05) is 42.2 Å². The summed E-state index contributed by atoms with van der Waals surface area (Å²) in [4.78, 5) is 33.6. The van der Waals surface area contributed by atoms with Crippen molar-refractivity contribution in [1.29, 1.82) is 0 Å². The Balaban J connectivity index is 1.92. The van der Waals surface area contributed by atoms with Gasteiger partial charge in [-0.15, -0.1) is 0 Å². The van der Waals surface area contributed by atoms with E-state index >= 15 is 0 Å². The van der Waals surface area contributed by atoms with Crippen LogP contribution in [0.2, 0.25) is 0 Å². The summed E-state index contributed by atoms with van der Waals surface area (Å²) in [6.45, 7) is 2.49. The van der Waals surface area contributed by atoms with Crippen LogP contribution >= 0.6 is 0 Å². The number of aliphatic hydroxyl groups is 1.